The van der Waals surface area contributed by atoms with Crippen LogP contribution in [-0.2, 0) is 0 Å². The first-order chi connectivity index (χ1) is 26.3. The van der Waals surface area contributed by atoms with Gasteiger partial charge in [-0.1, -0.05) is 121 Å². The van der Waals surface area contributed by atoms with Crippen LogP contribution in [0, 0.1) is 0 Å². The van der Waals surface area contributed by atoms with Gasteiger partial charge in [0.2, 0.25) is 0 Å². The van der Waals surface area contributed by atoms with Gasteiger partial charge in [-0.05, 0) is 83.4 Å². The summed E-state index contributed by atoms with van der Waals surface area (Å²) >= 11 is 1.88. The van der Waals surface area contributed by atoms with Gasteiger partial charge in [0.1, 0.15) is 5.82 Å². The van der Waals surface area contributed by atoms with Gasteiger partial charge >= 0.3 is 0 Å². The maximum atomic E-state index is 5.22. The summed E-state index contributed by atoms with van der Waals surface area (Å²) in [7, 11) is 0. The molecule has 11 aromatic rings. The Labute approximate surface area is 310 Å². The Morgan fingerprint density at radius 3 is 1.94 bits per heavy atom. The normalized spacial score (nSPS) is 11.8. The van der Waals surface area contributed by atoms with Crippen molar-refractivity contribution < 1.29 is 0 Å². The Morgan fingerprint density at radius 1 is 0.396 bits per heavy atom. The lowest BCUT2D eigenvalue weighted by Gasteiger charge is -2.15. The third-order valence-corrected chi connectivity index (χ3v) is 11.8. The molecule has 0 fully saturated rings. The molecule has 0 unspecified atom stereocenters. The van der Waals surface area contributed by atoms with Crippen molar-refractivity contribution in [3.05, 3.63) is 188 Å². The maximum absolute atomic E-state index is 5.22. The molecule has 8 aromatic carbocycles. The Morgan fingerprint density at radius 2 is 1.06 bits per heavy atom. The van der Waals surface area contributed by atoms with Crippen molar-refractivity contribution >= 4 is 64.3 Å². The zero-order chi connectivity index (χ0) is 34.9. The van der Waals surface area contributed by atoms with E-state index in [4.69, 9.17) is 4.98 Å². The van der Waals surface area contributed by atoms with Gasteiger partial charge in [-0.3, -0.25) is 4.57 Å². The van der Waals surface area contributed by atoms with Gasteiger partial charge in [0.15, 0.2) is 0 Å². The summed E-state index contributed by atoms with van der Waals surface area (Å²) in [6.45, 7) is 0. The predicted octanol–water partition coefficient (Wildman–Crippen LogP) is 13.5. The van der Waals surface area contributed by atoms with Crippen LogP contribution in [0.3, 0.4) is 0 Å². The molecule has 3 aromatic heterocycles. The number of hydrogen-bond acceptors (Lipinski definition) is 2. The summed E-state index contributed by atoms with van der Waals surface area (Å²) in [5.74, 6) is 0.920. The molecular weight excluding hydrogens is 663 g/mol. The number of nitrogens with zero attached hydrogens (tertiary/aromatic N) is 3. The third kappa shape index (κ3) is 4.70. The molecule has 0 N–H and O–H groups in total. The summed E-state index contributed by atoms with van der Waals surface area (Å²) in [5, 5.41) is 5.14. The van der Waals surface area contributed by atoms with Gasteiger partial charge in [-0.25, -0.2) is 4.98 Å². The van der Waals surface area contributed by atoms with Gasteiger partial charge in [-0.2, -0.15) is 0 Å². The second-order valence-corrected chi connectivity index (χ2v) is 14.6. The molecule has 0 aliphatic rings. The largest absolute Gasteiger partial charge is 0.309 e. The summed E-state index contributed by atoms with van der Waals surface area (Å²) in [5.41, 5.74) is 12.6. The monoisotopic (exact) mass is 693 g/mol. The fraction of sp³-hybridized carbons (Fsp3) is 0. The second-order valence-electron chi connectivity index (χ2n) is 13.6. The molecule has 53 heavy (non-hydrogen) atoms. The quantitative estimate of drug-likeness (QED) is 0.176. The molecule has 0 amide bonds. The number of para-hydroxylation sites is 4. The first kappa shape index (κ1) is 29.9. The molecule has 3 heterocycles. The highest BCUT2D eigenvalue weighted by Crippen LogP contribution is 2.42. The van der Waals surface area contributed by atoms with Crippen molar-refractivity contribution in [2.45, 2.75) is 0 Å². The summed E-state index contributed by atoms with van der Waals surface area (Å²) in [6, 6.07) is 67.7. The molecule has 0 radical (unpaired) electrons. The number of imidazole rings is 1. The maximum Gasteiger partial charge on any atom is 0.145 e. The average Bonchev–Trinajstić information content (AvgIpc) is 3.91. The van der Waals surface area contributed by atoms with Gasteiger partial charge < -0.3 is 4.57 Å². The molecule has 11 rings (SSSR count). The van der Waals surface area contributed by atoms with Crippen molar-refractivity contribution in [3.63, 3.8) is 0 Å². The van der Waals surface area contributed by atoms with Crippen molar-refractivity contribution in [1.29, 1.82) is 0 Å². The second kappa shape index (κ2) is 11.9. The number of fused-ring (bicyclic) bond motifs is 7. The van der Waals surface area contributed by atoms with E-state index in [0.717, 1.165) is 33.8 Å². The average molecular weight is 694 g/mol. The molecule has 3 nitrogen and oxygen atoms in total. The van der Waals surface area contributed by atoms with Gasteiger partial charge in [0, 0.05) is 47.8 Å². The topological polar surface area (TPSA) is 22.8 Å². The Kier molecular flexibility index (Phi) is 6.73. The first-order valence-electron chi connectivity index (χ1n) is 18.0. The Hall–Kier alpha value is -6.75. The summed E-state index contributed by atoms with van der Waals surface area (Å²) < 4.78 is 7.37. The lowest BCUT2D eigenvalue weighted by Crippen LogP contribution is -2.00. The zero-order valence-corrected chi connectivity index (χ0v) is 29.5. The van der Waals surface area contributed by atoms with Crippen molar-refractivity contribution in [1.82, 2.24) is 14.1 Å². The highest BCUT2D eigenvalue weighted by atomic mass is 32.1. The first-order valence-corrected chi connectivity index (χ1v) is 18.8. The van der Waals surface area contributed by atoms with E-state index in [2.05, 4.69) is 197 Å². The number of thiophene rings is 1. The summed E-state index contributed by atoms with van der Waals surface area (Å²) in [6.07, 6.45) is 0. The smallest absolute Gasteiger partial charge is 0.145 e. The van der Waals surface area contributed by atoms with Crippen LogP contribution < -0.4 is 0 Å². The number of rotatable bonds is 5. The molecule has 0 saturated heterocycles. The van der Waals surface area contributed by atoms with Crippen LogP contribution in [0.4, 0.5) is 0 Å². The van der Waals surface area contributed by atoms with Gasteiger partial charge in [-0.15, -0.1) is 11.3 Å². The molecule has 0 atom stereocenters. The highest BCUT2D eigenvalue weighted by Gasteiger charge is 2.19. The molecular formula is C49H31N3S. The SMILES string of the molecule is c1ccc(-c2ccccc2-n2c(-c3ccc(-n4c5ccccc5c5cc(-c6cccc7c6sc6ccccc67)ccc54)cc3)nc3ccccc32)cc1. The van der Waals surface area contributed by atoms with E-state index in [1.54, 1.807) is 0 Å². The predicted molar refractivity (Wildman–Crippen MR) is 225 cm³/mol. The lowest BCUT2D eigenvalue weighted by atomic mass is 10.0. The van der Waals surface area contributed by atoms with Crippen LogP contribution in [0.2, 0.25) is 0 Å². The van der Waals surface area contributed by atoms with Crippen LogP contribution >= 0.6 is 11.3 Å². The molecule has 0 spiro atoms. The van der Waals surface area contributed by atoms with Crippen molar-refractivity contribution in [2.75, 3.05) is 0 Å². The number of benzene rings is 8. The van der Waals surface area contributed by atoms with E-state index in [0.29, 0.717) is 0 Å². The third-order valence-electron chi connectivity index (χ3n) is 10.6. The van der Waals surface area contributed by atoms with Crippen LogP contribution in [0.25, 0.3) is 98.0 Å². The molecule has 248 valence electrons. The molecule has 4 heteroatoms. The lowest BCUT2D eigenvalue weighted by molar-refractivity contribution is 1.10. The van der Waals surface area contributed by atoms with E-state index in [1.807, 2.05) is 11.3 Å². The fourth-order valence-corrected chi connectivity index (χ4v) is 9.38. The molecule has 0 bridgehead atoms. The number of aromatic nitrogens is 3. The highest BCUT2D eigenvalue weighted by molar-refractivity contribution is 7.26. The standard InChI is InChI=1S/C49H31N3S/c1-2-13-32(14-3-1)36-15-4-8-21-43(36)52-46-23-10-7-20-42(46)50-49(52)33-25-28-35(29-26-33)51-44-22-9-5-16-38(44)41-31-34(27-30-45(41)51)37-18-12-19-40-39-17-6-11-24-47(39)53-48(37)40/h1-31H. The number of hydrogen-bond donors (Lipinski definition) is 0. The van der Waals surface area contributed by atoms with Crippen LogP contribution in [0.15, 0.2) is 188 Å². The fourth-order valence-electron chi connectivity index (χ4n) is 8.15. The Balaban J connectivity index is 1.05. The zero-order valence-electron chi connectivity index (χ0n) is 28.6. The molecule has 0 aliphatic heterocycles. The van der Waals surface area contributed by atoms with Crippen LogP contribution in [-0.4, -0.2) is 14.1 Å². The van der Waals surface area contributed by atoms with Crippen LogP contribution in [0.1, 0.15) is 0 Å². The Bertz CT molecular complexity index is 3160. The molecule has 0 saturated carbocycles. The molecule has 0 aliphatic carbocycles. The minimum absolute atomic E-state index is 0.920. The van der Waals surface area contributed by atoms with E-state index < -0.39 is 0 Å². The van der Waals surface area contributed by atoms with E-state index in [9.17, 15) is 0 Å². The summed E-state index contributed by atoms with van der Waals surface area (Å²) in [4.78, 5) is 5.22. The van der Waals surface area contributed by atoms with Crippen molar-refractivity contribution in [2.24, 2.45) is 0 Å². The van der Waals surface area contributed by atoms with Crippen LogP contribution in [0.5, 0.6) is 0 Å². The van der Waals surface area contributed by atoms with E-state index in [1.165, 1.54) is 64.2 Å². The van der Waals surface area contributed by atoms with Gasteiger partial charge in [0.25, 0.3) is 0 Å². The van der Waals surface area contributed by atoms with Crippen molar-refractivity contribution in [3.8, 4) is 45.0 Å². The minimum atomic E-state index is 0.920. The van der Waals surface area contributed by atoms with E-state index >= 15 is 0 Å². The minimum Gasteiger partial charge on any atom is -0.309 e. The van der Waals surface area contributed by atoms with Gasteiger partial charge in [0.05, 0.1) is 27.8 Å². The van der Waals surface area contributed by atoms with E-state index in [-0.39, 0.29) is 0 Å².